The molecule has 0 spiro atoms. The van der Waals surface area contributed by atoms with Crippen LogP contribution in [0, 0.1) is 5.92 Å². The van der Waals surface area contributed by atoms with Crippen LogP contribution in [0.3, 0.4) is 0 Å². The van der Waals surface area contributed by atoms with Gasteiger partial charge >= 0.3 is 5.97 Å². The van der Waals surface area contributed by atoms with E-state index in [-0.39, 0.29) is 11.6 Å². The molecule has 1 aromatic rings. The third-order valence-corrected chi connectivity index (χ3v) is 2.65. The molecule has 1 heterocycles. The third-order valence-electron chi connectivity index (χ3n) is 2.65. The summed E-state index contributed by atoms with van der Waals surface area (Å²) < 4.78 is 5.31. The molecule has 2 rings (SSSR count). The van der Waals surface area contributed by atoms with E-state index in [1.54, 1.807) is 6.20 Å². The molecule has 0 amide bonds. The molecule has 0 bridgehead atoms. The van der Waals surface area contributed by atoms with Crippen LogP contribution >= 0.6 is 0 Å². The summed E-state index contributed by atoms with van der Waals surface area (Å²) in [4.78, 5) is 11.4. The van der Waals surface area contributed by atoms with Crippen LogP contribution < -0.4 is 0 Å². The van der Waals surface area contributed by atoms with Crippen LogP contribution in [0.15, 0.2) is 12.4 Å². The third kappa shape index (κ3) is 1.43. The van der Waals surface area contributed by atoms with E-state index in [0.29, 0.717) is 11.5 Å². The number of aromatic amines is 1. The molecule has 1 aliphatic rings. The first-order valence-electron chi connectivity index (χ1n) is 4.34. The van der Waals surface area contributed by atoms with Crippen molar-refractivity contribution in [3.05, 3.63) is 18.0 Å². The van der Waals surface area contributed by atoms with Gasteiger partial charge in [-0.25, -0.2) is 4.79 Å². The van der Waals surface area contributed by atoms with Crippen molar-refractivity contribution in [2.24, 2.45) is 5.92 Å². The fourth-order valence-electron chi connectivity index (χ4n) is 1.32. The van der Waals surface area contributed by atoms with E-state index in [0.717, 1.165) is 6.42 Å². The van der Waals surface area contributed by atoms with Gasteiger partial charge in [-0.3, -0.25) is 5.10 Å². The zero-order chi connectivity index (χ0) is 9.47. The smallest absolute Gasteiger partial charge is 0.341 e. The van der Waals surface area contributed by atoms with Gasteiger partial charge < -0.3 is 4.74 Å². The van der Waals surface area contributed by atoms with Crippen LogP contribution in [-0.2, 0) is 4.74 Å². The number of hydrogen-bond donors (Lipinski definition) is 1. The van der Waals surface area contributed by atoms with Crippen LogP contribution in [0.25, 0.3) is 0 Å². The number of aromatic nitrogens is 2. The van der Waals surface area contributed by atoms with Gasteiger partial charge in [0.05, 0.1) is 11.8 Å². The van der Waals surface area contributed by atoms with Crippen molar-refractivity contribution < 1.29 is 9.53 Å². The maximum absolute atomic E-state index is 11.4. The summed E-state index contributed by atoms with van der Waals surface area (Å²) in [5, 5.41) is 6.26. The minimum absolute atomic E-state index is 0.242. The molecule has 1 aromatic heterocycles. The lowest BCUT2D eigenvalue weighted by molar-refractivity contribution is 0.0238. The summed E-state index contributed by atoms with van der Waals surface area (Å²) >= 11 is 0. The molecule has 4 nitrogen and oxygen atoms in total. The molecular weight excluding hydrogens is 168 g/mol. The van der Waals surface area contributed by atoms with Gasteiger partial charge in [-0.2, -0.15) is 5.10 Å². The second-order valence-corrected chi connectivity index (χ2v) is 3.79. The molecule has 0 aliphatic heterocycles. The summed E-state index contributed by atoms with van der Waals surface area (Å²) in [6.45, 7) is 4.03. The molecule has 13 heavy (non-hydrogen) atoms. The molecule has 2 unspecified atom stereocenters. The normalized spacial score (nSPS) is 31.4. The van der Waals surface area contributed by atoms with E-state index in [9.17, 15) is 4.79 Å². The highest BCUT2D eigenvalue weighted by atomic mass is 16.6. The lowest BCUT2D eigenvalue weighted by atomic mass is 10.3. The lowest BCUT2D eigenvalue weighted by Gasteiger charge is -2.10. The van der Waals surface area contributed by atoms with E-state index >= 15 is 0 Å². The molecule has 2 atom stereocenters. The van der Waals surface area contributed by atoms with E-state index < -0.39 is 0 Å². The summed E-state index contributed by atoms with van der Waals surface area (Å²) in [5.41, 5.74) is 0.245. The second-order valence-electron chi connectivity index (χ2n) is 3.79. The van der Waals surface area contributed by atoms with Gasteiger partial charge in [0.25, 0.3) is 0 Å². The van der Waals surface area contributed by atoms with Crippen LogP contribution in [0.4, 0.5) is 0 Å². The monoisotopic (exact) mass is 180 g/mol. The topological polar surface area (TPSA) is 55.0 Å². The molecule has 70 valence electrons. The fraction of sp³-hybridized carbons (Fsp3) is 0.556. The van der Waals surface area contributed by atoms with Gasteiger partial charge in [-0.15, -0.1) is 0 Å². The average molecular weight is 180 g/mol. The van der Waals surface area contributed by atoms with Crippen molar-refractivity contribution in [2.75, 3.05) is 0 Å². The number of H-pyrrole nitrogens is 1. The Morgan fingerprint density at radius 1 is 1.85 bits per heavy atom. The first kappa shape index (κ1) is 8.29. The van der Waals surface area contributed by atoms with E-state index in [4.69, 9.17) is 4.74 Å². The zero-order valence-electron chi connectivity index (χ0n) is 7.70. The maximum atomic E-state index is 11.4. The Hall–Kier alpha value is -1.32. The Bertz CT molecular complexity index is 320. The number of rotatable bonds is 2. The summed E-state index contributed by atoms with van der Waals surface area (Å²) in [7, 11) is 0. The van der Waals surface area contributed by atoms with Crippen LogP contribution in [-0.4, -0.2) is 21.8 Å². The van der Waals surface area contributed by atoms with E-state index in [1.165, 1.54) is 6.20 Å². The van der Waals surface area contributed by atoms with E-state index in [2.05, 4.69) is 17.1 Å². The molecule has 0 aromatic carbocycles. The number of nitrogens with one attached hydrogen (secondary N) is 1. The first-order valence-corrected chi connectivity index (χ1v) is 4.34. The molecular formula is C9H12N2O2. The molecule has 0 radical (unpaired) electrons. The van der Waals surface area contributed by atoms with Crippen molar-refractivity contribution in [1.82, 2.24) is 10.2 Å². The summed E-state index contributed by atoms with van der Waals surface area (Å²) in [6.07, 6.45) is 3.97. The number of esters is 1. The standard InChI is InChI=1S/C9H12N2O2/c1-6-3-9(6,2)13-8(12)7-4-10-11-5-7/h4-6H,3H2,1-2H3,(H,10,11). The molecule has 1 fully saturated rings. The summed E-state index contributed by atoms with van der Waals surface area (Å²) in [5.74, 6) is 0.184. The maximum Gasteiger partial charge on any atom is 0.341 e. The van der Waals surface area contributed by atoms with Gasteiger partial charge in [0.1, 0.15) is 5.60 Å². The van der Waals surface area contributed by atoms with Crippen LogP contribution in [0.5, 0.6) is 0 Å². The quantitative estimate of drug-likeness (QED) is 0.699. The predicted octanol–water partition coefficient (Wildman–Crippen LogP) is 1.36. The number of carbonyl (C=O) groups excluding carboxylic acids is 1. The molecule has 1 N–H and O–H groups in total. The average Bonchev–Trinajstić information content (AvgIpc) is 2.58. The Morgan fingerprint density at radius 2 is 2.54 bits per heavy atom. The SMILES string of the molecule is CC1CC1(C)OC(=O)c1cn[nH]c1. The second kappa shape index (κ2) is 2.58. The highest BCUT2D eigenvalue weighted by Crippen LogP contribution is 2.46. The van der Waals surface area contributed by atoms with Gasteiger partial charge in [-0.1, -0.05) is 6.92 Å². The van der Waals surface area contributed by atoms with Crippen molar-refractivity contribution in [2.45, 2.75) is 25.9 Å². The zero-order valence-corrected chi connectivity index (χ0v) is 7.70. The number of nitrogens with zero attached hydrogens (tertiary/aromatic N) is 1. The van der Waals surface area contributed by atoms with Crippen molar-refractivity contribution in [3.8, 4) is 0 Å². The largest absolute Gasteiger partial charge is 0.455 e. The van der Waals surface area contributed by atoms with Crippen LogP contribution in [0.2, 0.25) is 0 Å². The van der Waals surface area contributed by atoms with E-state index in [1.807, 2.05) is 6.92 Å². The predicted molar refractivity (Wildman–Crippen MR) is 46.2 cm³/mol. The number of hydrogen-bond acceptors (Lipinski definition) is 3. The number of carbonyl (C=O) groups is 1. The van der Waals surface area contributed by atoms with Crippen molar-refractivity contribution in [3.63, 3.8) is 0 Å². The Kier molecular flexibility index (Phi) is 1.65. The highest BCUT2D eigenvalue weighted by Gasteiger charge is 2.50. The fourth-order valence-corrected chi connectivity index (χ4v) is 1.32. The molecule has 4 heteroatoms. The molecule has 1 saturated carbocycles. The van der Waals surface area contributed by atoms with Gasteiger partial charge in [0, 0.05) is 6.20 Å². The van der Waals surface area contributed by atoms with Gasteiger partial charge in [0.15, 0.2) is 0 Å². The number of ether oxygens (including phenoxy) is 1. The minimum atomic E-state index is -0.291. The Labute approximate surface area is 76.3 Å². The van der Waals surface area contributed by atoms with Gasteiger partial charge in [0.2, 0.25) is 0 Å². The summed E-state index contributed by atoms with van der Waals surface area (Å²) in [6, 6.07) is 0. The first-order chi connectivity index (χ1) is 6.12. The Balaban J connectivity index is 2.01. The van der Waals surface area contributed by atoms with Crippen LogP contribution in [0.1, 0.15) is 30.6 Å². The minimum Gasteiger partial charge on any atom is -0.455 e. The van der Waals surface area contributed by atoms with Gasteiger partial charge in [-0.05, 0) is 19.3 Å². The van der Waals surface area contributed by atoms with Crippen molar-refractivity contribution >= 4 is 5.97 Å². The lowest BCUT2D eigenvalue weighted by Crippen LogP contribution is -2.17. The molecule has 0 saturated heterocycles. The highest BCUT2D eigenvalue weighted by molar-refractivity contribution is 5.89. The Morgan fingerprint density at radius 3 is 3.00 bits per heavy atom. The van der Waals surface area contributed by atoms with Crippen molar-refractivity contribution in [1.29, 1.82) is 0 Å². The molecule has 1 aliphatic carbocycles.